The van der Waals surface area contributed by atoms with Crippen LogP contribution in [-0.2, 0) is 0 Å². The Morgan fingerprint density at radius 1 is 0.913 bits per heavy atom. The van der Waals surface area contributed by atoms with Crippen LogP contribution in [0.15, 0.2) is 54.6 Å². The summed E-state index contributed by atoms with van der Waals surface area (Å²) < 4.78 is 0.356. The number of fused-ring (bicyclic) bond motifs is 3. The maximum Gasteiger partial charge on any atom is 0.196 e. The number of benzene rings is 2. The summed E-state index contributed by atoms with van der Waals surface area (Å²) in [5, 5.41) is 9.55. The number of nitrogens with zero attached hydrogens (tertiary/aromatic N) is 1. The standard InChI is InChI=1S/C19H10N2OS/c20-10-14-15(11-6-2-1-3-7-11)16-17(21-19(14)23)12-8-4-5-9-13(12)18(16)22/h1-9H,(H,21,23). The number of ketones is 1. The van der Waals surface area contributed by atoms with E-state index in [9.17, 15) is 10.1 Å². The minimum absolute atomic E-state index is 0.0720. The number of carbonyl (C=O) groups is 1. The number of H-pyrrole nitrogens is 1. The van der Waals surface area contributed by atoms with Crippen molar-refractivity contribution >= 4 is 18.0 Å². The molecule has 0 spiro atoms. The van der Waals surface area contributed by atoms with Crippen LogP contribution in [0.3, 0.4) is 0 Å². The van der Waals surface area contributed by atoms with E-state index >= 15 is 0 Å². The van der Waals surface area contributed by atoms with Crippen molar-refractivity contribution in [2.45, 2.75) is 0 Å². The largest absolute Gasteiger partial charge is 0.344 e. The molecular weight excluding hydrogens is 304 g/mol. The first-order valence-corrected chi connectivity index (χ1v) is 7.53. The molecule has 0 atom stereocenters. The Morgan fingerprint density at radius 2 is 1.57 bits per heavy atom. The van der Waals surface area contributed by atoms with Crippen LogP contribution in [0.4, 0.5) is 0 Å². The fourth-order valence-electron chi connectivity index (χ4n) is 3.07. The summed E-state index contributed by atoms with van der Waals surface area (Å²) in [6.07, 6.45) is 0. The Kier molecular flexibility index (Phi) is 2.97. The molecule has 0 radical (unpaired) electrons. The predicted molar refractivity (Wildman–Crippen MR) is 90.6 cm³/mol. The van der Waals surface area contributed by atoms with E-state index in [1.165, 1.54) is 0 Å². The van der Waals surface area contributed by atoms with Gasteiger partial charge in [-0.1, -0.05) is 66.8 Å². The molecule has 3 aromatic rings. The summed E-state index contributed by atoms with van der Waals surface area (Å²) in [5.74, 6) is -0.0720. The van der Waals surface area contributed by atoms with Gasteiger partial charge in [0.15, 0.2) is 5.78 Å². The average molecular weight is 314 g/mol. The number of hydrogen-bond donors (Lipinski definition) is 1. The van der Waals surface area contributed by atoms with Crippen LogP contribution in [0.2, 0.25) is 0 Å². The third kappa shape index (κ3) is 1.88. The highest BCUT2D eigenvalue weighted by atomic mass is 32.1. The van der Waals surface area contributed by atoms with Crippen LogP contribution in [0.1, 0.15) is 21.5 Å². The zero-order chi connectivity index (χ0) is 16.0. The third-order valence-corrected chi connectivity index (χ3v) is 4.36. The Balaban J connectivity index is 2.17. The molecule has 2 aromatic carbocycles. The second kappa shape index (κ2) is 5.01. The molecule has 4 rings (SSSR count). The molecule has 0 saturated carbocycles. The maximum atomic E-state index is 12.9. The van der Waals surface area contributed by atoms with E-state index in [-0.39, 0.29) is 5.78 Å². The number of pyridine rings is 1. The highest BCUT2D eigenvalue weighted by Crippen LogP contribution is 2.41. The highest BCUT2D eigenvalue weighted by molar-refractivity contribution is 7.71. The number of nitrogens with one attached hydrogen (secondary N) is 1. The van der Waals surface area contributed by atoms with Gasteiger partial charge < -0.3 is 4.98 Å². The van der Waals surface area contributed by atoms with Gasteiger partial charge in [0, 0.05) is 16.7 Å². The number of nitriles is 1. The first-order chi connectivity index (χ1) is 11.2. The minimum atomic E-state index is -0.0720. The van der Waals surface area contributed by atoms with E-state index < -0.39 is 0 Å². The highest BCUT2D eigenvalue weighted by Gasteiger charge is 2.32. The Bertz CT molecular complexity index is 1060. The molecule has 1 N–H and O–H groups in total. The smallest absolute Gasteiger partial charge is 0.196 e. The second-order valence-electron chi connectivity index (χ2n) is 5.31. The van der Waals surface area contributed by atoms with Crippen molar-refractivity contribution in [3.63, 3.8) is 0 Å². The normalized spacial score (nSPS) is 11.7. The second-order valence-corrected chi connectivity index (χ2v) is 5.71. The molecule has 108 valence electrons. The van der Waals surface area contributed by atoms with Crippen LogP contribution in [0.25, 0.3) is 22.4 Å². The van der Waals surface area contributed by atoms with Gasteiger partial charge in [-0.05, 0) is 5.56 Å². The van der Waals surface area contributed by atoms with Gasteiger partial charge in [-0.3, -0.25) is 4.79 Å². The topological polar surface area (TPSA) is 56.6 Å². The van der Waals surface area contributed by atoms with Gasteiger partial charge in [-0.25, -0.2) is 0 Å². The SMILES string of the molecule is N#Cc1c(-c2ccccc2)c2c([nH]c1=S)-c1ccccc1C2=O. The number of carbonyl (C=O) groups excluding carboxylic acids is 1. The van der Waals surface area contributed by atoms with Crippen molar-refractivity contribution in [1.82, 2.24) is 4.98 Å². The predicted octanol–water partition coefficient (Wildman–Crippen LogP) is 4.49. The van der Waals surface area contributed by atoms with Crippen LogP contribution >= 0.6 is 12.2 Å². The van der Waals surface area contributed by atoms with E-state index in [0.29, 0.717) is 32.6 Å². The Hall–Kier alpha value is -3.03. The zero-order valence-electron chi connectivity index (χ0n) is 12.0. The van der Waals surface area contributed by atoms with Crippen LogP contribution in [-0.4, -0.2) is 10.8 Å². The molecule has 1 heterocycles. The molecule has 0 amide bonds. The molecule has 1 aliphatic carbocycles. The van der Waals surface area contributed by atoms with Crippen molar-refractivity contribution in [1.29, 1.82) is 5.26 Å². The molecule has 0 unspecified atom stereocenters. The molecule has 4 heteroatoms. The zero-order valence-corrected chi connectivity index (χ0v) is 12.8. The van der Waals surface area contributed by atoms with Crippen molar-refractivity contribution in [2.75, 3.05) is 0 Å². The van der Waals surface area contributed by atoms with Crippen LogP contribution in [0.5, 0.6) is 0 Å². The molecule has 0 fully saturated rings. The van der Waals surface area contributed by atoms with Gasteiger partial charge >= 0.3 is 0 Å². The number of hydrogen-bond acceptors (Lipinski definition) is 3. The lowest BCUT2D eigenvalue weighted by molar-refractivity contribution is 0.104. The third-order valence-electron chi connectivity index (χ3n) is 4.06. The van der Waals surface area contributed by atoms with E-state index in [0.717, 1.165) is 11.1 Å². The first kappa shape index (κ1) is 13.6. The molecule has 1 aromatic heterocycles. The van der Waals surface area contributed by atoms with Crippen molar-refractivity contribution < 1.29 is 4.79 Å². The van der Waals surface area contributed by atoms with E-state index in [2.05, 4.69) is 11.1 Å². The summed E-state index contributed by atoms with van der Waals surface area (Å²) in [6, 6.07) is 19.0. The summed E-state index contributed by atoms with van der Waals surface area (Å²) in [6.45, 7) is 0. The summed E-state index contributed by atoms with van der Waals surface area (Å²) >= 11 is 5.36. The molecule has 1 aliphatic rings. The molecule has 23 heavy (non-hydrogen) atoms. The van der Waals surface area contributed by atoms with Crippen molar-refractivity contribution in [3.05, 3.63) is 75.9 Å². The Labute approximate surface area is 137 Å². The monoisotopic (exact) mass is 314 g/mol. The molecule has 0 bridgehead atoms. The number of aromatic amines is 1. The quantitative estimate of drug-likeness (QED) is 0.526. The lowest BCUT2D eigenvalue weighted by Crippen LogP contribution is -2.02. The van der Waals surface area contributed by atoms with Crippen LogP contribution in [0, 0.1) is 16.0 Å². The average Bonchev–Trinajstić information content (AvgIpc) is 2.87. The molecule has 3 nitrogen and oxygen atoms in total. The van der Waals surface area contributed by atoms with Gasteiger partial charge in [0.2, 0.25) is 0 Å². The maximum absolute atomic E-state index is 12.9. The van der Waals surface area contributed by atoms with Gasteiger partial charge in [0.05, 0.1) is 16.8 Å². The molecule has 0 saturated heterocycles. The van der Waals surface area contributed by atoms with Crippen molar-refractivity contribution in [2.24, 2.45) is 0 Å². The van der Waals surface area contributed by atoms with Crippen molar-refractivity contribution in [3.8, 4) is 28.5 Å². The molecular formula is C19H10N2OS. The summed E-state index contributed by atoms with van der Waals surface area (Å²) in [7, 11) is 0. The lowest BCUT2D eigenvalue weighted by atomic mass is 9.94. The van der Waals surface area contributed by atoms with Gasteiger partial charge in [-0.2, -0.15) is 5.26 Å². The Morgan fingerprint density at radius 3 is 2.26 bits per heavy atom. The number of aromatic nitrogens is 1. The summed E-state index contributed by atoms with van der Waals surface area (Å²) in [4.78, 5) is 16.0. The fourth-order valence-corrected chi connectivity index (χ4v) is 3.31. The number of rotatable bonds is 1. The molecule has 0 aliphatic heterocycles. The summed E-state index contributed by atoms with van der Waals surface area (Å²) in [5.41, 5.74) is 4.48. The first-order valence-electron chi connectivity index (χ1n) is 7.12. The van der Waals surface area contributed by atoms with Crippen LogP contribution < -0.4 is 0 Å². The van der Waals surface area contributed by atoms with E-state index in [1.807, 2.05) is 48.5 Å². The fraction of sp³-hybridized carbons (Fsp3) is 0. The van der Waals surface area contributed by atoms with E-state index in [1.54, 1.807) is 6.07 Å². The van der Waals surface area contributed by atoms with Gasteiger partial charge in [-0.15, -0.1) is 0 Å². The van der Waals surface area contributed by atoms with Gasteiger partial charge in [0.1, 0.15) is 10.7 Å². The lowest BCUT2D eigenvalue weighted by Gasteiger charge is -2.10. The minimum Gasteiger partial charge on any atom is -0.344 e. The van der Waals surface area contributed by atoms with E-state index in [4.69, 9.17) is 12.2 Å². The van der Waals surface area contributed by atoms with Gasteiger partial charge in [0.25, 0.3) is 0 Å².